The van der Waals surface area contributed by atoms with Gasteiger partial charge in [0.05, 0.1) is 7.85 Å². The average molecular weight is 135 g/mol. The lowest BCUT2D eigenvalue weighted by atomic mass is 9.54. The van der Waals surface area contributed by atoms with Crippen LogP contribution in [-0.2, 0) is 0 Å². The molecule has 10 heavy (non-hydrogen) atoms. The fourth-order valence-electron chi connectivity index (χ4n) is 2.54. The van der Waals surface area contributed by atoms with Gasteiger partial charge in [0, 0.05) is 6.54 Å². The second-order valence-electron chi connectivity index (χ2n) is 4.16. The molecule has 1 aliphatic heterocycles. The van der Waals surface area contributed by atoms with E-state index in [0.717, 1.165) is 0 Å². The van der Waals surface area contributed by atoms with E-state index in [1.165, 1.54) is 32.4 Å². The Morgan fingerprint density at radius 3 is 2.60 bits per heavy atom. The van der Waals surface area contributed by atoms with Crippen molar-refractivity contribution in [3.8, 4) is 0 Å². The van der Waals surface area contributed by atoms with Crippen molar-refractivity contribution in [1.82, 2.24) is 4.90 Å². The van der Waals surface area contributed by atoms with Crippen molar-refractivity contribution < 1.29 is 0 Å². The van der Waals surface area contributed by atoms with Crippen LogP contribution in [0.15, 0.2) is 0 Å². The molecule has 1 spiro atoms. The van der Waals surface area contributed by atoms with E-state index in [-0.39, 0.29) is 0 Å². The Bertz CT molecular complexity index is 135. The lowest BCUT2D eigenvalue weighted by Gasteiger charge is -2.44. The van der Waals surface area contributed by atoms with Gasteiger partial charge in [0.15, 0.2) is 0 Å². The molecule has 0 aromatic carbocycles. The van der Waals surface area contributed by atoms with Crippen molar-refractivity contribution in [3.05, 3.63) is 0 Å². The Hall–Kier alpha value is 0.0249. The van der Waals surface area contributed by atoms with Gasteiger partial charge in [-0.1, -0.05) is 18.7 Å². The average Bonchev–Trinajstić information content (AvgIpc) is 2.10. The van der Waals surface area contributed by atoms with Gasteiger partial charge in [0.25, 0.3) is 0 Å². The molecule has 1 heterocycles. The van der Waals surface area contributed by atoms with Crippen LogP contribution in [-0.4, -0.2) is 32.9 Å². The van der Waals surface area contributed by atoms with Crippen molar-refractivity contribution >= 4 is 7.85 Å². The quantitative estimate of drug-likeness (QED) is 0.449. The van der Waals surface area contributed by atoms with E-state index in [1.54, 1.807) is 0 Å². The molecule has 0 unspecified atom stereocenters. The van der Waals surface area contributed by atoms with Crippen LogP contribution in [0.4, 0.5) is 0 Å². The predicted octanol–water partition coefficient (Wildman–Crippen LogP) is 1.06. The SMILES string of the molecule is [B]C1CC2(CCN(C)C2)C1. The highest BCUT2D eigenvalue weighted by Crippen LogP contribution is 2.52. The lowest BCUT2D eigenvalue weighted by molar-refractivity contribution is 0.147. The molecule has 1 saturated carbocycles. The molecular formula is C8H14BN. The molecule has 1 nitrogen and oxygen atoms in total. The molecule has 0 amide bonds. The zero-order chi connectivity index (χ0) is 7.19. The van der Waals surface area contributed by atoms with Crippen LogP contribution in [0.2, 0.25) is 5.82 Å². The highest BCUT2D eigenvalue weighted by Gasteiger charge is 2.44. The largest absolute Gasteiger partial charge is 0.306 e. The van der Waals surface area contributed by atoms with Crippen molar-refractivity contribution in [1.29, 1.82) is 0 Å². The zero-order valence-electron chi connectivity index (χ0n) is 6.64. The summed E-state index contributed by atoms with van der Waals surface area (Å²) in [7, 11) is 7.97. The molecular weight excluding hydrogens is 121 g/mol. The summed E-state index contributed by atoms with van der Waals surface area (Å²) < 4.78 is 0. The van der Waals surface area contributed by atoms with Crippen LogP contribution in [0.5, 0.6) is 0 Å². The normalized spacial score (nSPS) is 47.9. The minimum Gasteiger partial charge on any atom is -0.306 e. The summed E-state index contributed by atoms with van der Waals surface area (Å²) in [6.07, 6.45) is 3.94. The third-order valence-corrected chi connectivity index (χ3v) is 3.02. The van der Waals surface area contributed by atoms with Gasteiger partial charge in [-0.05, 0) is 25.4 Å². The first kappa shape index (κ1) is 6.72. The summed E-state index contributed by atoms with van der Waals surface area (Å²) >= 11 is 0. The maximum atomic E-state index is 5.76. The fraction of sp³-hybridized carbons (Fsp3) is 1.00. The van der Waals surface area contributed by atoms with Gasteiger partial charge < -0.3 is 4.90 Å². The fourth-order valence-corrected chi connectivity index (χ4v) is 2.54. The zero-order valence-corrected chi connectivity index (χ0v) is 6.64. The molecule has 0 aromatic heterocycles. The number of rotatable bonds is 0. The van der Waals surface area contributed by atoms with E-state index in [9.17, 15) is 0 Å². The summed E-state index contributed by atoms with van der Waals surface area (Å²) in [6.45, 7) is 2.58. The van der Waals surface area contributed by atoms with Gasteiger partial charge in [-0.3, -0.25) is 0 Å². The number of nitrogens with zero attached hydrogens (tertiary/aromatic N) is 1. The first-order valence-electron chi connectivity index (χ1n) is 4.14. The van der Waals surface area contributed by atoms with Crippen molar-refractivity contribution in [2.24, 2.45) is 5.41 Å². The van der Waals surface area contributed by atoms with Gasteiger partial charge in [-0.2, -0.15) is 0 Å². The molecule has 2 fully saturated rings. The monoisotopic (exact) mass is 135 g/mol. The molecule has 0 bridgehead atoms. The Morgan fingerprint density at radius 2 is 2.20 bits per heavy atom. The van der Waals surface area contributed by atoms with Crippen LogP contribution >= 0.6 is 0 Å². The minimum atomic E-state index is 0.520. The second-order valence-corrected chi connectivity index (χ2v) is 4.16. The summed E-state index contributed by atoms with van der Waals surface area (Å²) in [5, 5.41) is 0. The van der Waals surface area contributed by atoms with Gasteiger partial charge in [-0.15, -0.1) is 0 Å². The summed E-state index contributed by atoms with van der Waals surface area (Å²) in [6, 6.07) is 0. The molecule has 2 radical (unpaired) electrons. The number of hydrogen-bond acceptors (Lipinski definition) is 1. The second kappa shape index (κ2) is 2.01. The van der Waals surface area contributed by atoms with Crippen LogP contribution in [0, 0.1) is 5.41 Å². The predicted molar refractivity (Wildman–Crippen MR) is 43.3 cm³/mol. The van der Waals surface area contributed by atoms with Crippen molar-refractivity contribution in [3.63, 3.8) is 0 Å². The molecule has 1 saturated heterocycles. The van der Waals surface area contributed by atoms with Gasteiger partial charge in [0.2, 0.25) is 0 Å². The standard InChI is InChI=1S/C8H14BN/c1-10-3-2-8(6-10)4-7(9)5-8/h7H,2-6H2,1H3. The summed E-state index contributed by atoms with van der Waals surface area (Å²) in [4.78, 5) is 2.42. The molecule has 0 N–H and O–H groups in total. The van der Waals surface area contributed by atoms with Gasteiger partial charge in [-0.25, -0.2) is 0 Å². The van der Waals surface area contributed by atoms with E-state index in [0.29, 0.717) is 11.2 Å². The van der Waals surface area contributed by atoms with Crippen molar-refractivity contribution in [2.75, 3.05) is 20.1 Å². The first-order chi connectivity index (χ1) is 4.70. The summed E-state index contributed by atoms with van der Waals surface area (Å²) in [5.41, 5.74) is 0.661. The minimum absolute atomic E-state index is 0.520. The molecule has 0 aromatic rings. The number of hydrogen-bond donors (Lipinski definition) is 0. The molecule has 2 heteroatoms. The van der Waals surface area contributed by atoms with E-state index in [2.05, 4.69) is 11.9 Å². The molecule has 1 aliphatic carbocycles. The lowest BCUT2D eigenvalue weighted by Crippen LogP contribution is -2.36. The maximum absolute atomic E-state index is 5.76. The van der Waals surface area contributed by atoms with E-state index < -0.39 is 0 Å². The molecule has 2 aliphatic rings. The molecule has 0 atom stereocenters. The first-order valence-corrected chi connectivity index (χ1v) is 4.14. The highest BCUT2D eigenvalue weighted by molar-refractivity contribution is 6.12. The van der Waals surface area contributed by atoms with Crippen LogP contribution < -0.4 is 0 Å². The Kier molecular flexibility index (Phi) is 1.35. The topological polar surface area (TPSA) is 3.24 Å². The van der Waals surface area contributed by atoms with Crippen molar-refractivity contribution in [2.45, 2.75) is 25.1 Å². The molecule has 54 valence electrons. The van der Waals surface area contributed by atoms with E-state index in [4.69, 9.17) is 7.85 Å². The maximum Gasteiger partial charge on any atom is 0.0700 e. The Labute approximate surface area is 64.2 Å². The van der Waals surface area contributed by atoms with Crippen LogP contribution in [0.3, 0.4) is 0 Å². The van der Waals surface area contributed by atoms with E-state index >= 15 is 0 Å². The Morgan fingerprint density at radius 1 is 1.50 bits per heavy atom. The van der Waals surface area contributed by atoms with Crippen LogP contribution in [0.1, 0.15) is 19.3 Å². The molecule has 2 rings (SSSR count). The highest BCUT2D eigenvalue weighted by atomic mass is 15.1. The van der Waals surface area contributed by atoms with Crippen LogP contribution in [0.25, 0.3) is 0 Å². The Balaban J connectivity index is 1.95. The smallest absolute Gasteiger partial charge is 0.0700 e. The number of likely N-dealkylation sites (tertiary alicyclic amines) is 1. The third kappa shape index (κ3) is 0.896. The summed E-state index contributed by atoms with van der Waals surface area (Å²) in [5.74, 6) is 0.520. The van der Waals surface area contributed by atoms with Gasteiger partial charge in [0.1, 0.15) is 0 Å². The third-order valence-electron chi connectivity index (χ3n) is 3.02. The van der Waals surface area contributed by atoms with E-state index in [1.807, 2.05) is 0 Å². The van der Waals surface area contributed by atoms with Gasteiger partial charge >= 0.3 is 0 Å².